The fraction of sp³-hybridized carbons (Fsp3) is 0.484. The molecule has 0 spiro atoms. The largest absolute Gasteiger partial charge is 0.480 e. The predicted octanol–water partition coefficient (Wildman–Crippen LogP) is 4.11. The molecular formula is C31H44N4O6. The highest BCUT2D eigenvalue weighted by atomic mass is 16.6. The number of carboxylic acids is 1. The van der Waals surface area contributed by atoms with Crippen molar-refractivity contribution in [3.05, 3.63) is 65.7 Å². The molecule has 10 heteroatoms. The van der Waals surface area contributed by atoms with Crippen LogP contribution in [0, 0.1) is 10.8 Å². The minimum absolute atomic E-state index is 0.0396. The second-order valence-corrected chi connectivity index (χ2v) is 12.7. The smallest absolute Gasteiger partial charge is 0.417 e. The number of hydrogen-bond donors (Lipinski definition) is 4. The van der Waals surface area contributed by atoms with Crippen molar-refractivity contribution in [3.63, 3.8) is 0 Å². The lowest BCUT2D eigenvalue weighted by Gasteiger charge is -2.35. The molecule has 0 unspecified atom stereocenters. The number of amides is 3. The van der Waals surface area contributed by atoms with Crippen LogP contribution in [0.15, 0.2) is 54.6 Å². The number of nitrogens with two attached hydrogens (primary N) is 2. The summed E-state index contributed by atoms with van der Waals surface area (Å²) in [4.78, 5) is 54.0. The van der Waals surface area contributed by atoms with Crippen molar-refractivity contribution in [3.8, 4) is 0 Å². The van der Waals surface area contributed by atoms with Crippen LogP contribution in [0.25, 0.3) is 0 Å². The number of hydrogen-bond acceptors (Lipinski definition) is 7. The first-order valence-corrected chi connectivity index (χ1v) is 13.6. The van der Waals surface area contributed by atoms with Crippen LogP contribution < -0.4 is 16.8 Å². The number of nitrogens with one attached hydrogen (secondary N) is 1. The van der Waals surface area contributed by atoms with Gasteiger partial charge < -0.3 is 26.6 Å². The fourth-order valence-electron chi connectivity index (χ4n) is 4.39. The van der Waals surface area contributed by atoms with Gasteiger partial charge in [-0.05, 0) is 46.9 Å². The van der Waals surface area contributed by atoms with E-state index in [2.05, 4.69) is 5.32 Å². The molecule has 41 heavy (non-hydrogen) atoms. The van der Waals surface area contributed by atoms with Gasteiger partial charge in [-0.25, -0.2) is 14.5 Å². The molecule has 2 rings (SSSR count). The van der Waals surface area contributed by atoms with E-state index >= 15 is 0 Å². The van der Waals surface area contributed by atoms with Crippen LogP contribution in [0.5, 0.6) is 0 Å². The summed E-state index contributed by atoms with van der Waals surface area (Å²) in [6.07, 6.45) is -0.802. The quantitative estimate of drug-likeness (QED) is 0.294. The molecule has 2 aromatic carbocycles. The molecule has 0 aromatic heterocycles. The summed E-state index contributed by atoms with van der Waals surface area (Å²) in [5.41, 5.74) is 13.0. The third-order valence-electron chi connectivity index (χ3n) is 6.21. The third kappa shape index (κ3) is 11.2. The van der Waals surface area contributed by atoms with Gasteiger partial charge >= 0.3 is 12.1 Å². The molecule has 6 N–H and O–H groups in total. The Bertz CT molecular complexity index is 1200. The second kappa shape index (κ2) is 14.1. The predicted molar refractivity (Wildman–Crippen MR) is 158 cm³/mol. The van der Waals surface area contributed by atoms with E-state index in [9.17, 15) is 24.3 Å². The molecule has 0 radical (unpaired) electrons. The van der Waals surface area contributed by atoms with Gasteiger partial charge in [0.15, 0.2) is 0 Å². The maximum absolute atomic E-state index is 13.8. The van der Waals surface area contributed by atoms with Crippen molar-refractivity contribution >= 4 is 29.6 Å². The first kappa shape index (κ1) is 33.3. The van der Waals surface area contributed by atoms with Gasteiger partial charge in [-0.2, -0.15) is 0 Å². The number of carbonyl (C=O) groups is 4. The first-order valence-electron chi connectivity index (χ1n) is 13.6. The number of nitrogen functional groups attached to an aromatic ring is 1. The highest BCUT2D eigenvalue weighted by Crippen LogP contribution is 2.27. The Labute approximate surface area is 242 Å². The van der Waals surface area contributed by atoms with Crippen molar-refractivity contribution < 1.29 is 29.0 Å². The summed E-state index contributed by atoms with van der Waals surface area (Å²) in [5.74, 6) is -2.85. The molecule has 0 heterocycles. The molecule has 0 aliphatic carbocycles. The summed E-state index contributed by atoms with van der Waals surface area (Å²) in [7, 11) is 0. The van der Waals surface area contributed by atoms with Gasteiger partial charge in [0.1, 0.15) is 18.7 Å². The van der Waals surface area contributed by atoms with E-state index in [0.29, 0.717) is 16.8 Å². The Morgan fingerprint density at radius 3 is 2.02 bits per heavy atom. The van der Waals surface area contributed by atoms with Crippen LogP contribution >= 0.6 is 0 Å². The zero-order chi connectivity index (χ0) is 31.0. The summed E-state index contributed by atoms with van der Waals surface area (Å²) < 4.78 is 5.50. The molecule has 0 aliphatic rings. The minimum atomic E-state index is -1.38. The van der Waals surface area contributed by atoms with Gasteiger partial charge in [-0.3, -0.25) is 9.59 Å². The lowest BCUT2D eigenvalue weighted by molar-refractivity contribution is -0.145. The Balaban J connectivity index is 2.45. The van der Waals surface area contributed by atoms with Crippen LogP contribution in [0.2, 0.25) is 0 Å². The van der Waals surface area contributed by atoms with E-state index in [-0.39, 0.29) is 31.3 Å². The molecule has 0 fully saturated rings. The van der Waals surface area contributed by atoms with Gasteiger partial charge in [-0.1, -0.05) is 84.0 Å². The van der Waals surface area contributed by atoms with E-state index in [0.717, 1.165) is 4.90 Å². The van der Waals surface area contributed by atoms with Gasteiger partial charge in [0.25, 0.3) is 0 Å². The number of anilines is 1. The summed E-state index contributed by atoms with van der Waals surface area (Å²) in [6, 6.07) is 11.8. The monoisotopic (exact) mass is 568 g/mol. The number of carboxylic acid groups (broad SMARTS) is 1. The van der Waals surface area contributed by atoms with Crippen LogP contribution in [0.3, 0.4) is 0 Å². The Kier molecular flexibility index (Phi) is 11.5. The minimum Gasteiger partial charge on any atom is -0.480 e. The molecule has 3 atom stereocenters. The maximum Gasteiger partial charge on any atom is 0.417 e. The van der Waals surface area contributed by atoms with E-state index in [1.807, 2.05) is 47.6 Å². The molecule has 3 amide bonds. The third-order valence-corrected chi connectivity index (χ3v) is 6.21. The highest BCUT2D eigenvalue weighted by molar-refractivity contribution is 6.00. The number of nitrogens with zero attached hydrogens (tertiary/aromatic N) is 1. The lowest BCUT2D eigenvalue weighted by atomic mass is 9.85. The molecule has 0 saturated carbocycles. The van der Waals surface area contributed by atoms with E-state index in [4.69, 9.17) is 16.2 Å². The van der Waals surface area contributed by atoms with Gasteiger partial charge in [-0.15, -0.1) is 0 Å². The topological polar surface area (TPSA) is 165 Å². The molecule has 0 aliphatic heterocycles. The fourth-order valence-corrected chi connectivity index (χ4v) is 4.39. The zero-order valence-corrected chi connectivity index (χ0v) is 24.8. The Morgan fingerprint density at radius 1 is 0.902 bits per heavy atom. The number of aliphatic carboxylic acids is 1. The Hall–Kier alpha value is -3.92. The van der Waals surface area contributed by atoms with Gasteiger partial charge in [0.05, 0.1) is 6.04 Å². The van der Waals surface area contributed by atoms with Crippen molar-refractivity contribution in [2.75, 3.05) is 5.73 Å². The molecule has 224 valence electrons. The van der Waals surface area contributed by atoms with E-state index < -0.39 is 47.4 Å². The summed E-state index contributed by atoms with van der Waals surface area (Å²) in [5, 5.41) is 12.4. The number of ether oxygens (including phenoxy) is 1. The maximum atomic E-state index is 13.8. The molecule has 0 saturated heterocycles. The number of benzene rings is 2. The number of imide groups is 1. The molecule has 10 nitrogen and oxygen atoms in total. The van der Waals surface area contributed by atoms with Crippen LogP contribution in [-0.2, 0) is 32.1 Å². The van der Waals surface area contributed by atoms with Gasteiger partial charge in [0, 0.05) is 12.1 Å². The average Bonchev–Trinajstić information content (AvgIpc) is 2.85. The van der Waals surface area contributed by atoms with Crippen molar-refractivity contribution in [1.29, 1.82) is 0 Å². The van der Waals surface area contributed by atoms with Gasteiger partial charge in [0.2, 0.25) is 11.8 Å². The van der Waals surface area contributed by atoms with Crippen LogP contribution in [0.1, 0.15) is 65.5 Å². The average molecular weight is 569 g/mol. The SMILES string of the molecule is CC(C)(C)C[C@@H](N)C(=O)N(C(=O)OCc1ccccc1)[C@@H](CC(C)(C)C)C(=O)N[C@@H](Cc1cccc(N)c1)C(=O)O. The van der Waals surface area contributed by atoms with E-state index in [1.54, 1.807) is 48.5 Å². The van der Waals surface area contributed by atoms with Crippen LogP contribution in [-0.4, -0.2) is 52.0 Å². The Morgan fingerprint density at radius 2 is 1.49 bits per heavy atom. The summed E-state index contributed by atoms with van der Waals surface area (Å²) in [6.45, 7) is 11.1. The van der Waals surface area contributed by atoms with E-state index in [1.165, 1.54) is 0 Å². The number of rotatable bonds is 11. The van der Waals surface area contributed by atoms with Crippen molar-refractivity contribution in [2.24, 2.45) is 16.6 Å². The zero-order valence-electron chi connectivity index (χ0n) is 24.8. The number of carbonyl (C=O) groups excluding carboxylic acids is 3. The standard InChI is InChI=1S/C31H44N4O6/c1-30(2,3)17-23(33)27(37)35(29(40)41-19-20-11-8-7-9-12-20)25(18-31(4,5)6)26(36)34-24(28(38)39)16-21-13-10-14-22(32)15-21/h7-15,23-25H,16-19,32-33H2,1-6H3,(H,34,36)(H,38,39)/t23-,24+,25+/m1/s1. The lowest BCUT2D eigenvalue weighted by Crippen LogP contribution is -2.59. The van der Waals surface area contributed by atoms with Crippen LogP contribution in [0.4, 0.5) is 10.5 Å². The first-order chi connectivity index (χ1) is 19.0. The van der Waals surface area contributed by atoms with Crippen molar-refractivity contribution in [1.82, 2.24) is 10.2 Å². The molecule has 0 bridgehead atoms. The van der Waals surface area contributed by atoms with Crippen molar-refractivity contribution in [2.45, 2.75) is 85.5 Å². The molecular weight excluding hydrogens is 524 g/mol. The summed E-state index contributed by atoms with van der Waals surface area (Å²) >= 11 is 0. The molecule has 2 aromatic rings. The highest BCUT2D eigenvalue weighted by Gasteiger charge is 2.42. The normalized spacial score (nSPS) is 13.9. The second-order valence-electron chi connectivity index (χ2n) is 12.7.